The topological polar surface area (TPSA) is 97.4 Å². The van der Waals surface area contributed by atoms with E-state index < -0.39 is 10.7 Å². The summed E-state index contributed by atoms with van der Waals surface area (Å²) in [4.78, 5) is 12.3. The van der Waals surface area contributed by atoms with Crippen LogP contribution in [0.3, 0.4) is 0 Å². The van der Waals surface area contributed by atoms with E-state index in [-0.39, 0.29) is 24.5 Å². The van der Waals surface area contributed by atoms with Crippen LogP contribution in [0.1, 0.15) is 5.56 Å². The molecule has 10 heteroatoms. The second kappa shape index (κ2) is 9.54. The van der Waals surface area contributed by atoms with Crippen molar-refractivity contribution in [3.63, 3.8) is 0 Å². The van der Waals surface area contributed by atoms with E-state index in [0.29, 0.717) is 24.6 Å². The minimum Gasteiger partial charge on any atom is -0.472 e. The predicted octanol–water partition coefficient (Wildman–Crippen LogP) is 4.08. The first kappa shape index (κ1) is 21.9. The van der Waals surface area contributed by atoms with Gasteiger partial charge in [0.1, 0.15) is 11.5 Å². The summed E-state index contributed by atoms with van der Waals surface area (Å²) in [5.41, 5.74) is 0.794. The van der Waals surface area contributed by atoms with E-state index in [0.717, 1.165) is 36.2 Å². The van der Waals surface area contributed by atoms with Crippen molar-refractivity contribution in [2.75, 3.05) is 26.4 Å². The monoisotopic (exact) mass is 466 g/mol. The number of hydrogen-bond acceptors (Lipinski definition) is 7. The number of ether oxygens (including phenoxy) is 4. The molecule has 3 aromatic carbocycles. The van der Waals surface area contributed by atoms with Crippen LogP contribution < -0.4 is 24.3 Å². The molecule has 34 heavy (non-hydrogen) atoms. The Labute approximate surface area is 194 Å². The fourth-order valence-electron chi connectivity index (χ4n) is 3.79. The Bertz CT molecular complexity index is 1190. The molecule has 0 spiro atoms. The average Bonchev–Trinajstić information content (AvgIpc) is 3.30. The number of nitrogens with zero attached hydrogens (tertiary/aromatic N) is 3. The number of nitro benzene ring substituents is 1. The molecule has 0 saturated carbocycles. The summed E-state index contributed by atoms with van der Waals surface area (Å²) in [5.74, 6) is 1.62. The highest BCUT2D eigenvalue weighted by Crippen LogP contribution is 2.33. The van der Waals surface area contributed by atoms with Gasteiger partial charge in [-0.15, -0.1) is 0 Å². The first-order valence-electron chi connectivity index (χ1n) is 10.7. The Kier molecular flexibility index (Phi) is 6.15. The minimum atomic E-state index is -0.807. The third-order valence-electron chi connectivity index (χ3n) is 5.46. The number of nitro groups is 1. The highest BCUT2D eigenvalue weighted by Gasteiger charge is 2.23. The molecule has 1 radical (unpaired) electrons. The molecule has 1 unspecified atom stereocenters. The molecule has 1 fully saturated rings. The van der Waals surface area contributed by atoms with E-state index in [2.05, 4.69) is 10.2 Å². The molecule has 175 valence electrons. The number of non-ortho nitro benzene ring substituents is 1. The second-order valence-electron chi connectivity index (χ2n) is 7.85. The van der Waals surface area contributed by atoms with E-state index in [9.17, 15) is 14.5 Å². The van der Waals surface area contributed by atoms with Gasteiger partial charge >= 0.3 is 0 Å². The van der Waals surface area contributed by atoms with E-state index in [1.807, 2.05) is 18.2 Å². The van der Waals surface area contributed by atoms with Crippen LogP contribution in [0, 0.1) is 15.9 Å². The Morgan fingerprint density at radius 3 is 2.65 bits per heavy atom. The van der Waals surface area contributed by atoms with Crippen LogP contribution in [0.25, 0.3) is 0 Å². The van der Waals surface area contributed by atoms with Crippen molar-refractivity contribution >= 4 is 5.69 Å². The Balaban J connectivity index is 1.16. The first-order valence-corrected chi connectivity index (χ1v) is 10.7. The van der Waals surface area contributed by atoms with Gasteiger partial charge in [0, 0.05) is 25.7 Å². The molecule has 0 aliphatic carbocycles. The van der Waals surface area contributed by atoms with E-state index in [1.54, 1.807) is 24.3 Å². The van der Waals surface area contributed by atoms with Gasteiger partial charge in [-0.3, -0.25) is 15.0 Å². The van der Waals surface area contributed by atoms with Crippen molar-refractivity contribution < 1.29 is 28.3 Å². The van der Waals surface area contributed by atoms with Crippen molar-refractivity contribution in [3.05, 3.63) is 82.2 Å². The summed E-state index contributed by atoms with van der Waals surface area (Å²) >= 11 is 0. The highest BCUT2D eigenvalue weighted by molar-refractivity contribution is 5.44. The van der Waals surface area contributed by atoms with Crippen LogP contribution in [-0.4, -0.2) is 42.5 Å². The van der Waals surface area contributed by atoms with Crippen molar-refractivity contribution in [2.45, 2.75) is 12.8 Å². The fraction of sp³-hybridized carbons (Fsp3) is 0.250. The summed E-state index contributed by atoms with van der Waals surface area (Å²) in [7, 11) is 0. The minimum absolute atomic E-state index is 0.0966. The molecule has 2 heterocycles. The van der Waals surface area contributed by atoms with Crippen molar-refractivity contribution in [3.8, 4) is 28.7 Å². The number of rotatable bonds is 7. The molecular formula is C24H21FN3O6. The van der Waals surface area contributed by atoms with E-state index in [4.69, 9.17) is 18.9 Å². The predicted molar refractivity (Wildman–Crippen MR) is 119 cm³/mol. The maximum absolute atomic E-state index is 14.1. The number of piperazine rings is 1. The van der Waals surface area contributed by atoms with Crippen LogP contribution in [0.5, 0.6) is 28.7 Å². The maximum atomic E-state index is 14.1. The molecule has 1 atom stereocenters. The summed E-state index contributed by atoms with van der Waals surface area (Å²) < 4.78 is 36.4. The highest BCUT2D eigenvalue weighted by atomic mass is 19.1. The van der Waals surface area contributed by atoms with Gasteiger partial charge in [0.05, 0.1) is 17.5 Å². The molecule has 2 aliphatic heterocycles. The summed E-state index contributed by atoms with van der Waals surface area (Å²) in [6, 6.07) is 15.9. The van der Waals surface area contributed by atoms with Crippen LogP contribution >= 0.6 is 0 Å². The molecule has 0 bridgehead atoms. The van der Waals surface area contributed by atoms with E-state index >= 15 is 0 Å². The normalized spacial score (nSPS) is 17.4. The largest absolute Gasteiger partial charge is 0.472 e. The van der Waals surface area contributed by atoms with Gasteiger partial charge < -0.3 is 18.9 Å². The molecule has 9 nitrogen and oxygen atoms in total. The number of halogens is 1. The summed E-state index contributed by atoms with van der Waals surface area (Å²) in [5, 5.41) is 15.3. The number of fused-ring (bicyclic) bond motifs is 1. The van der Waals surface area contributed by atoms with Gasteiger partial charge in [0.25, 0.3) is 5.69 Å². The Morgan fingerprint density at radius 1 is 1.06 bits per heavy atom. The van der Waals surface area contributed by atoms with Crippen molar-refractivity contribution in [2.24, 2.45) is 0 Å². The molecule has 0 N–H and O–H groups in total. The molecule has 0 amide bonds. The van der Waals surface area contributed by atoms with Crippen LogP contribution in [-0.2, 0) is 6.54 Å². The summed E-state index contributed by atoms with van der Waals surface area (Å²) in [6.45, 7) is 3.14. The van der Waals surface area contributed by atoms with Gasteiger partial charge in [-0.2, -0.15) is 5.32 Å². The second-order valence-corrected chi connectivity index (χ2v) is 7.85. The third kappa shape index (κ3) is 5.03. The third-order valence-corrected chi connectivity index (χ3v) is 5.46. The first-order chi connectivity index (χ1) is 16.5. The van der Waals surface area contributed by atoms with E-state index in [1.165, 1.54) is 12.1 Å². The molecular weight excluding hydrogens is 445 g/mol. The smallest absolute Gasteiger partial charge is 0.272 e. The van der Waals surface area contributed by atoms with Gasteiger partial charge in [0.2, 0.25) is 6.79 Å². The van der Waals surface area contributed by atoms with Crippen molar-refractivity contribution in [1.82, 2.24) is 10.2 Å². The lowest BCUT2D eigenvalue weighted by Gasteiger charge is -2.32. The zero-order valence-corrected chi connectivity index (χ0v) is 18.1. The van der Waals surface area contributed by atoms with Gasteiger partial charge in [-0.1, -0.05) is 6.07 Å². The molecule has 0 aromatic heterocycles. The van der Waals surface area contributed by atoms with Crippen molar-refractivity contribution in [1.29, 1.82) is 0 Å². The molecule has 3 aromatic rings. The lowest BCUT2D eigenvalue weighted by Crippen LogP contribution is -2.49. The summed E-state index contributed by atoms with van der Waals surface area (Å²) in [6.07, 6.45) is -0.318. The van der Waals surface area contributed by atoms with Gasteiger partial charge in [0.15, 0.2) is 29.3 Å². The maximum Gasteiger partial charge on any atom is 0.272 e. The number of hydrogen-bond donors (Lipinski definition) is 0. The standard InChI is InChI=1S/C24H21FN3O6/c25-20-12-17(28(29)30)2-8-21(20)33-18-3-5-19(6-4-18)34-24-14-27(10-9-26-24)13-16-1-7-22-23(11-16)32-15-31-22/h1-8,11-12,24H,9-10,13-15H2. The lowest BCUT2D eigenvalue weighted by atomic mass is 10.1. The zero-order chi connectivity index (χ0) is 23.5. The van der Waals surface area contributed by atoms with Gasteiger partial charge in [-0.25, -0.2) is 4.39 Å². The van der Waals surface area contributed by atoms with Gasteiger partial charge in [-0.05, 0) is 48.0 Å². The Hall–Kier alpha value is -3.89. The molecule has 5 rings (SSSR count). The fourth-order valence-corrected chi connectivity index (χ4v) is 3.79. The molecule has 2 aliphatic rings. The Morgan fingerprint density at radius 2 is 1.85 bits per heavy atom. The lowest BCUT2D eigenvalue weighted by molar-refractivity contribution is -0.385. The van der Waals surface area contributed by atoms with Crippen LogP contribution in [0.2, 0.25) is 0 Å². The SMILES string of the molecule is O=[N+]([O-])c1ccc(Oc2ccc(OC3CN(Cc4ccc5c(c4)OCO5)CC[N]3)cc2)c(F)c1. The average molecular weight is 466 g/mol. The van der Waals surface area contributed by atoms with Crippen LogP contribution in [0.15, 0.2) is 60.7 Å². The molecule has 1 saturated heterocycles. The van der Waals surface area contributed by atoms with Crippen LogP contribution in [0.4, 0.5) is 10.1 Å². The quantitative estimate of drug-likeness (QED) is 0.382. The zero-order valence-electron chi connectivity index (χ0n) is 18.1. The number of benzene rings is 3.